The predicted molar refractivity (Wildman–Crippen MR) is 165 cm³/mol. The van der Waals surface area contributed by atoms with Crippen LogP contribution in [0.4, 0.5) is 21.9 Å². The summed E-state index contributed by atoms with van der Waals surface area (Å²) in [6.45, 7) is 0.752. The summed E-state index contributed by atoms with van der Waals surface area (Å²) in [5.74, 6) is 2.28. The Morgan fingerprint density at radius 1 is 0.829 bits per heavy atom. The molecule has 1 aliphatic carbocycles. The van der Waals surface area contributed by atoms with Crippen LogP contribution in [0.1, 0.15) is 58.9 Å². The van der Waals surface area contributed by atoms with Crippen LogP contribution >= 0.6 is 22.7 Å². The number of aromatic nitrogens is 6. The number of amides is 1. The normalized spacial score (nSPS) is 16.8. The monoisotopic (exact) mass is 592 g/mol. The van der Waals surface area contributed by atoms with Crippen molar-refractivity contribution in [2.45, 2.75) is 50.4 Å². The summed E-state index contributed by atoms with van der Waals surface area (Å²) < 4.78 is 0. The zero-order valence-corrected chi connectivity index (χ0v) is 25.5. The van der Waals surface area contributed by atoms with E-state index in [2.05, 4.69) is 41.0 Å². The van der Waals surface area contributed by atoms with Gasteiger partial charge in [0.25, 0.3) is 0 Å². The van der Waals surface area contributed by atoms with Gasteiger partial charge in [-0.25, -0.2) is 9.97 Å². The molecule has 0 saturated heterocycles. The highest BCUT2D eigenvalue weighted by molar-refractivity contribution is 7.15. The van der Waals surface area contributed by atoms with Gasteiger partial charge in [-0.1, -0.05) is 41.2 Å². The second-order valence-electron chi connectivity index (χ2n) is 10.6. The summed E-state index contributed by atoms with van der Waals surface area (Å²) in [7, 11) is 7.85. The highest BCUT2D eigenvalue weighted by Crippen LogP contribution is 2.43. The Kier molecular flexibility index (Phi) is 9.35. The Balaban J connectivity index is 1.12. The summed E-state index contributed by atoms with van der Waals surface area (Å²) in [6.07, 6.45) is 5.21. The lowest BCUT2D eigenvalue weighted by Gasteiger charge is -2.25. The molecule has 0 spiro atoms. The zero-order chi connectivity index (χ0) is 28.8. The molecule has 216 valence electrons. The highest BCUT2D eigenvalue weighted by Gasteiger charge is 2.29. The van der Waals surface area contributed by atoms with Gasteiger partial charge in [0.2, 0.25) is 16.2 Å². The van der Waals surface area contributed by atoms with Crippen molar-refractivity contribution in [1.29, 1.82) is 0 Å². The molecule has 11 nitrogen and oxygen atoms in total. The number of hydrogen-bond acceptors (Lipinski definition) is 12. The third-order valence-corrected chi connectivity index (χ3v) is 9.04. The van der Waals surface area contributed by atoms with Gasteiger partial charge in [-0.2, -0.15) is 0 Å². The second-order valence-corrected chi connectivity index (χ2v) is 12.6. The van der Waals surface area contributed by atoms with E-state index in [0.717, 1.165) is 76.8 Å². The second kappa shape index (κ2) is 13.3. The topological polar surface area (TPSA) is 125 Å². The number of rotatable bonds is 11. The van der Waals surface area contributed by atoms with Crippen LogP contribution in [0, 0.1) is 0 Å². The van der Waals surface area contributed by atoms with Gasteiger partial charge in [0.05, 0.1) is 12.1 Å². The van der Waals surface area contributed by atoms with Gasteiger partial charge >= 0.3 is 0 Å². The predicted octanol–water partition coefficient (Wildman–Crippen LogP) is 4.59. The lowest BCUT2D eigenvalue weighted by molar-refractivity contribution is -0.115. The molecule has 5 rings (SSSR count). The lowest BCUT2D eigenvalue weighted by Crippen LogP contribution is -2.16. The van der Waals surface area contributed by atoms with Crippen molar-refractivity contribution < 1.29 is 4.79 Å². The zero-order valence-electron chi connectivity index (χ0n) is 23.9. The van der Waals surface area contributed by atoms with Gasteiger partial charge in [-0.3, -0.25) is 4.79 Å². The molecule has 0 radical (unpaired) electrons. The SMILES string of the molecule is CN(C)c1cccc(CCNc2nnc(C3CCCC(c4nnc(NC(=O)Cc5cccc(N(C)C)n5)s4)C3)s2)n1. The van der Waals surface area contributed by atoms with Crippen molar-refractivity contribution in [2.75, 3.05) is 55.2 Å². The minimum absolute atomic E-state index is 0.146. The largest absolute Gasteiger partial charge is 0.363 e. The van der Waals surface area contributed by atoms with E-state index in [4.69, 9.17) is 0 Å². The fraction of sp³-hybridized carbons (Fsp3) is 0.464. The molecular formula is C28H36N10OS2. The van der Waals surface area contributed by atoms with Crippen LogP contribution in [0.15, 0.2) is 36.4 Å². The Labute approximate surface area is 248 Å². The fourth-order valence-electron chi connectivity index (χ4n) is 4.85. The maximum atomic E-state index is 12.6. The Morgan fingerprint density at radius 3 is 2.07 bits per heavy atom. The van der Waals surface area contributed by atoms with Gasteiger partial charge in [-0.15, -0.1) is 20.4 Å². The third-order valence-electron chi connectivity index (χ3n) is 7.00. The van der Waals surface area contributed by atoms with Crippen molar-refractivity contribution in [3.8, 4) is 0 Å². The smallest absolute Gasteiger partial charge is 0.232 e. The van der Waals surface area contributed by atoms with Crippen LogP contribution in [-0.4, -0.2) is 71.0 Å². The van der Waals surface area contributed by atoms with Crippen molar-refractivity contribution in [2.24, 2.45) is 0 Å². The van der Waals surface area contributed by atoms with Gasteiger partial charge in [0.15, 0.2) is 0 Å². The molecule has 4 aromatic rings. The lowest BCUT2D eigenvalue weighted by atomic mass is 9.82. The summed E-state index contributed by atoms with van der Waals surface area (Å²) in [6, 6.07) is 11.8. The molecule has 1 amide bonds. The average molecular weight is 593 g/mol. The van der Waals surface area contributed by atoms with Gasteiger partial charge in [0, 0.05) is 58.7 Å². The minimum atomic E-state index is -0.146. The number of carbonyl (C=O) groups excluding carboxylic acids is 1. The molecule has 0 aliphatic heterocycles. The van der Waals surface area contributed by atoms with Crippen molar-refractivity contribution in [1.82, 2.24) is 30.4 Å². The molecule has 2 unspecified atom stereocenters. The van der Waals surface area contributed by atoms with E-state index < -0.39 is 0 Å². The molecule has 13 heteroatoms. The van der Waals surface area contributed by atoms with Crippen molar-refractivity contribution in [3.63, 3.8) is 0 Å². The summed E-state index contributed by atoms with van der Waals surface area (Å²) >= 11 is 3.10. The van der Waals surface area contributed by atoms with E-state index in [0.29, 0.717) is 17.0 Å². The Morgan fingerprint density at radius 2 is 1.41 bits per heavy atom. The number of carbonyl (C=O) groups is 1. The van der Waals surface area contributed by atoms with Crippen molar-refractivity contribution in [3.05, 3.63) is 57.8 Å². The van der Waals surface area contributed by atoms with Crippen LogP contribution in [0.25, 0.3) is 0 Å². The highest BCUT2D eigenvalue weighted by atomic mass is 32.1. The first kappa shape index (κ1) is 28.8. The number of nitrogens with one attached hydrogen (secondary N) is 2. The summed E-state index contributed by atoms with van der Waals surface area (Å²) in [4.78, 5) is 25.8. The molecule has 1 aliphatic rings. The molecule has 41 heavy (non-hydrogen) atoms. The molecular weight excluding hydrogens is 557 g/mol. The van der Waals surface area contributed by atoms with E-state index in [1.54, 1.807) is 11.3 Å². The number of hydrogen-bond donors (Lipinski definition) is 2. The average Bonchev–Trinajstić information content (AvgIpc) is 3.63. The van der Waals surface area contributed by atoms with E-state index in [-0.39, 0.29) is 12.3 Å². The summed E-state index contributed by atoms with van der Waals surface area (Å²) in [5.41, 5.74) is 1.76. The van der Waals surface area contributed by atoms with Crippen LogP contribution in [0.3, 0.4) is 0 Å². The molecule has 4 heterocycles. The Hall–Kier alpha value is -3.71. The molecule has 1 saturated carbocycles. The first-order chi connectivity index (χ1) is 19.8. The molecule has 4 aromatic heterocycles. The summed E-state index contributed by atoms with van der Waals surface area (Å²) in [5, 5.41) is 27.3. The van der Waals surface area contributed by atoms with Crippen LogP contribution < -0.4 is 20.4 Å². The maximum Gasteiger partial charge on any atom is 0.232 e. The number of anilines is 4. The van der Waals surface area contributed by atoms with Crippen molar-refractivity contribution >= 4 is 50.5 Å². The molecule has 2 atom stereocenters. The standard InChI is InChI=1S/C28H36N10OS2/c1-37(2)22-12-6-10-20(30-22)14-15-29-27-35-33-25(40-27)18-8-5-9-19(16-18)26-34-36-28(41-26)32-24(39)17-21-11-7-13-23(31-21)38(3)4/h6-7,10-13,18-19H,5,8-9,14-17H2,1-4H3,(H,29,35)(H,32,36,39). The van der Waals surface area contributed by atoms with E-state index >= 15 is 0 Å². The van der Waals surface area contributed by atoms with Gasteiger partial charge in [-0.05, 0) is 43.5 Å². The van der Waals surface area contributed by atoms with E-state index in [1.807, 2.05) is 74.4 Å². The fourth-order valence-corrected chi connectivity index (χ4v) is 6.68. The Bertz CT molecular complexity index is 1450. The minimum Gasteiger partial charge on any atom is -0.363 e. The molecule has 1 fully saturated rings. The quantitative estimate of drug-likeness (QED) is 0.255. The molecule has 2 N–H and O–H groups in total. The van der Waals surface area contributed by atoms with Gasteiger partial charge < -0.3 is 20.4 Å². The van der Waals surface area contributed by atoms with Gasteiger partial charge in [0.1, 0.15) is 21.7 Å². The number of pyridine rings is 2. The van der Waals surface area contributed by atoms with Crippen LogP contribution in [-0.2, 0) is 17.6 Å². The van der Waals surface area contributed by atoms with E-state index in [9.17, 15) is 4.79 Å². The third kappa shape index (κ3) is 7.73. The first-order valence-corrected chi connectivity index (χ1v) is 15.4. The van der Waals surface area contributed by atoms with Crippen LogP contribution in [0.5, 0.6) is 0 Å². The molecule has 0 bridgehead atoms. The van der Waals surface area contributed by atoms with Crippen LogP contribution in [0.2, 0.25) is 0 Å². The maximum absolute atomic E-state index is 12.6. The first-order valence-electron chi connectivity index (χ1n) is 13.8. The van der Waals surface area contributed by atoms with E-state index in [1.165, 1.54) is 11.3 Å². The number of nitrogens with zero attached hydrogens (tertiary/aromatic N) is 8. The molecule has 0 aromatic carbocycles.